The van der Waals surface area contributed by atoms with Crippen LogP contribution in [0.15, 0.2) is 24.2 Å². The van der Waals surface area contributed by atoms with Gasteiger partial charge in [-0.15, -0.1) is 0 Å². The molecule has 6 heteroatoms. The molecule has 0 aliphatic rings. The van der Waals surface area contributed by atoms with Crippen molar-refractivity contribution in [2.24, 2.45) is 0 Å². The highest BCUT2D eigenvalue weighted by atomic mass is 79.9. The van der Waals surface area contributed by atoms with Gasteiger partial charge in [0.1, 0.15) is 10.9 Å². The van der Waals surface area contributed by atoms with Crippen LogP contribution in [0.4, 0.5) is 0 Å². The van der Waals surface area contributed by atoms with Crippen molar-refractivity contribution in [3.8, 4) is 0 Å². The minimum atomic E-state index is -0.446. The number of fused-ring (bicyclic) bond motifs is 1. The molecule has 0 aliphatic carbocycles. The highest BCUT2D eigenvalue weighted by molar-refractivity contribution is 9.11. The van der Waals surface area contributed by atoms with Crippen LogP contribution in [0.3, 0.4) is 0 Å². The predicted octanol–water partition coefficient (Wildman–Crippen LogP) is 3.67. The van der Waals surface area contributed by atoms with Crippen LogP contribution in [0, 0.1) is 6.92 Å². The van der Waals surface area contributed by atoms with E-state index in [9.17, 15) is 4.79 Å². The van der Waals surface area contributed by atoms with Crippen molar-refractivity contribution in [2.45, 2.75) is 6.92 Å². The first kappa shape index (κ1) is 11.1. The molecule has 0 radical (unpaired) electrons. The second-order valence-electron chi connectivity index (χ2n) is 2.90. The molecule has 1 aromatic carbocycles. The van der Waals surface area contributed by atoms with Crippen LogP contribution < -0.4 is 5.63 Å². The Morgan fingerprint density at radius 3 is 2.73 bits per heavy atom. The quantitative estimate of drug-likeness (QED) is 0.679. The fourth-order valence-electron chi connectivity index (χ4n) is 1.25. The zero-order valence-corrected chi connectivity index (χ0v) is 11.4. The molecular weight excluding hydrogens is 349 g/mol. The van der Waals surface area contributed by atoms with Gasteiger partial charge in [-0.2, -0.15) is 0 Å². The largest absolute Gasteiger partial charge is 0.408 e. The Kier molecular flexibility index (Phi) is 2.87. The molecular formula is C9H4Br2ClNO2. The van der Waals surface area contributed by atoms with Crippen LogP contribution in [0.5, 0.6) is 0 Å². The van der Waals surface area contributed by atoms with Crippen molar-refractivity contribution in [3.05, 3.63) is 36.3 Å². The van der Waals surface area contributed by atoms with Crippen molar-refractivity contribution >= 4 is 54.4 Å². The van der Waals surface area contributed by atoms with Crippen LogP contribution in [0.1, 0.15) is 5.89 Å². The number of nitrogens with zero attached hydrogens (tertiary/aromatic N) is 1. The average molecular weight is 353 g/mol. The summed E-state index contributed by atoms with van der Waals surface area (Å²) < 4.78 is 6.18. The Bertz CT molecular complexity index is 609. The first-order valence-corrected chi connectivity index (χ1v) is 5.92. The summed E-state index contributed by atoms with van der Waals surface area (Å²) in [4.78, 5) is 15.7. The topological polar surface area (TPSA) is 43.1 Å². The van der Waals surface area contributed by atoms with Gasteiger partial charge in [0.05, 0.1) is 5.02 Å². The maximum Gasteiger partial charge on any atom is 0.348 e. The standard InChI is InChI=1S/C9H4Br2ClNO2/c1-3-13-8-6(9(14)15-3)4(10)2-5(11)7(8)12/h2H,1H3. The lowest BCUT2D eigenvalue weighted by Gasteiger charge is -2.03. The summed E-state index contributed by atoms with van der Waals surface area (Å²) in [7, 11) is 0. The average Bonchev–Trinajstić information content (AvgIpc) is 2.12. The first-order valence-electron chi connectivity index (χ1n) is 3.95. The minimum Gasteiger partial charge on any atom is -0.408 e. The molecule has 0 unspecified atom stereocenters. The van der Waals surface area contributed by atoms with Crippen LogP contribution >= 0.6 is 43.5 Å². The monoisotopic (exact) mass is 351 g/mol. The van der Waals surface area contributed by atoms with Gasteiger partial charge in [-0.05, 0) is 37.9 Å². The van der Waals surface area contributed by atoms with Gasteiger partial charge in [0.15, 0.2) is 5.89 Å². The van der Waals surface area contributed by atoms with E-state index in [4.69, 9.17) is 16.0 Å². The van der Waals surface area contributed by atoms with E-state index < -0.39 is 5.63 Å². The summed E-state index contributed by atoms with van der Waals surface area (Å²) in [5, 5.41) is 0.762. The van der Waals surface area contributed by atoms with Crippen LogP contribution in [-0.2, 0) is 0 Å². The molecule has 0 atom stereocenters. The lowest BCUT2D eigenvalue weighted by atomic mass is 10.2. The van der Waals surface area contributed by atoms with Crippen molar-refractivity contribution in [1.29, 1.82) is 0 Å². The zero-order valence-electron chi connectivity index (χ0n) is 7.47. The van der Waals surface area contributed by atoms with Crippen molar-refractivity contribution in [2.75, 3.05) is 0 Å². The fraction of sp³-hybridized carbons (Fsp3) is 0.111. The molecule has 2 aromatic rings. The van der Waals surface area contributed by atoms with E-state index >= 15 is 0 Å². The van der Waals surface area contributed by atoms with E-state index in [1.54, 1.807) is 13.0 Å². The van der Waals surface area contributed by atoms with E-state index in [2.05, 4.69) is 36.8 Å². The molecule has 78 valence electrons. The number of hydrogen-bond acceptors (Lipinski definition) is 3. The van der Waals surface area contributed by atoms with E-state index in [1.807, 2.05) is 0 Å². The van der Waals surface area contributed by atoms with Gasteiger partial charge in [-0.1, -0.05) is 11.6 Å². The normalized spacial score (nSPS) is 10.9. The van der Waals surface area contributed by atoms with Crippen molar-refractivity contribution < 1.29 is 4.42 Å². The van der Waals surface area contributed by atoms with Crippen LogP contribution in [0.2, 0.25) is 5.02 Å². The van der Waals surface area contributed by atoms with Gasteiger partial charge in [-0.25, -0.2) is 9.78 Å². The zero-order chi connectivity index (χ0) is 11.2. The summed E-state index contributed by atoms with van der Waals surface area (Å²) in [6.45, 7) is 1.60. The number of aryl methyl sites for hydroxylation is 1. The molecule has 1 heterocycles. The molecule has 0 amide bonds. The molecule has 15 heavy (non-hydrogen) atoms. The second-order valence-corrected chi connectivity index (χ2v) is 4.98. The van der Waals surface area contributed by atoms with Gasteiger partial charge >= 0.3 is 5.63 Å². The van der Waals surface area contributed by atoms with Gasteiger partial charge in [0.2, 0.25) is 0 Å². The maximum atomic E-state index is 11.6. The van der Waals surface area contributed by atoms with Crippen LogP contribution in [-0.4, -0.2) is 4.98 Å². The Hall–Kier alpha value is -0.390. The molecule has 3 nitrogen and oxygen atoms in total. The Morgan fingerprint density at radius 2 is 2.07 bits per heavy atom. The molecule has 0 aliphatic heterocycles. The Balaban J connectivity index is 3.10. The highest BCUT2D eigenvalue weighted by Gasteiger charge is 2.13. The lowest BCUT2D eigenvalue weighted by molar-refractivity contribution is 0.467. The number of rotatable bonds is 0. The molecule has 2 rings (SSSR count). The molecule has 0 spiro atoms. The SMILES string of the molecule is Cc1nc2c(Cl)c(Br)cc(Br)c2c(=O)o1. The van der Waals surface area contributed by atoms with Gasteiger partial charge in [-0.3, -0.25) is 0 Å². The third-order valence-corrected chi connectivity index (χ3v) is 3.72. The number of hydrogen-bond donors (Lipinski definition) is 0. The smallest absolute Gasteiger partial charge is 0.348 e. The molecule has 0 saturated carbocycles. The van der Waals surface area contributed by atoms with E-state index in [-0.39, 0.29) is 0 Å². The van der Waals surface area contributed by atoms with Crippen LogP contribution in [0.25, 0.3) is 10.9 Å². The number of benzene rings is 1. The molecule has 0 fully saturated rings. The summed E-state index contributed by atoms with van der Waals surface area (Å²) in [5.74, 6) is 0.291. The second kappa shape index (κ2) is 3.88. The summed E-state index contributed by atoms with van der Waals surface area (Å²) in [6, 6.07) is 1.69. The van der Waals surface area contributed by atoms with E-state index in [0.29, 0.717) is 30.8 Å². The summed E-state index contributed by atoms with van der Waals surface area (Å²) >= 11 is 12.6. The number of halogens is 3. The molecule has 0 bridgehead atoms. The Morgan fingerprint density at radius 1 is 1.40 bits per heavy atom. The summed E-state index contributed by atoms with van der Waals surface area (Å²) in [6.07, 6.45) is 0. The van der Waals surface area contributed by atoms with E-state index in [1.165, 1.54) is 0 Å². The van der Waals surface area contributed by atoms with E-state index in [0.717, 1.165) is 0 Å². The predicted molar refractivity (Wildman–Crippen MR) is 65.4 cm³/mol. The minimum absolute atomic E-state index is 0.291. The lowest BCUT2D eigenvalue weighted by Crippen LogP contribution is -2.04. The highest BCUT2D eigenvalue weighted by Crippen LogP contribution is 2.33. The van der Waals surface area contributed by atoms with Gasteiger partial charge < -0.3 is 4.42 Å². The number of aromatic nitrogens is 1. The third-order valence-electron chi connectivity index (χ3n) is 1.86. The molecule has 0 saturated heterocycles. The summed E-state index contributed by atoms with van der Waals surface area (Å²) in [5.41, 5.74) is -0.00885. The van der Waals surface area contributed by atoms with Crippen molar-refractivity contribution in [1.82, 2.24) is 4.98 Å². The fourth-order valence-corrected chi connectivity index (χ4v) is 2.74. The van der Waals surface area contributed by atoms with Gasteiger partial charge in [0.25, 0.3) is 0 Å². The Labute approximate surface area is 107 Å². The first-order chi connectivity index (χ1) is 7.00. The molecule has 0 N–H and O–H groups in total. The maximum absolute atomic E-state index is 11.6. The molecule has 1 aromatic heterocycles. The van der Waals surface area contributed by atoms with Gasteiger partial charge in [0, 0.05) is 15.9 Å². The van der Waals surface area contributed by atoms with Crippen molar-refractivity contribution in [3.63, 3.8) is 0 Å². The third kappa shape index (κ3) is 1.84.